The molecule has 0 bridgehead atoms. The topological polar surface area (TPSA) is 95.2 Å². The molecule has 1 saturated carbocycles. The van der Waals surface area contributed by atoms with Crippen LogP contribution >= 0.6 is 0 Å². The molecule has 6 heteroatoms. The number of nitrogens with zero attached hydrogens (tertiary/aromatic N) is 2. The summed E-state index contributed by atoms with van der Waals surface area (Å²) in [5.74, 6) is -0.0459. The number of aryl methyl sites for hydroxylation is 1. The zero-order chi connectivity index (χ0) is 15.4. The van der Waals surface area contributed by atoms with E-state index >= 15 is 0 Å². The second-order valence-corrected chi connectivity index (χ2v) is 6.07. The van der Waals surface area contributed by atoms with Gasteiger partial charge in [0.1, 0.15) is 0 Å². The molecule has 0 saturated heterocycles. The minimum Gasteiger partial charge on any atom is -0.391 e. The van der Waals surface area contributed by atoms with Crippen LogP contribution in [0.15, 0.2) is 6.07 Å². The average Bonchev–Trinajstić information content (AvgIpc) is 2.88. The number of nitrogens with one attached hydrogen (secondary N) is 1. The fourth-order valence-electron chi connectivity index (χ4n) is 2.91. The number of amides is 1. The van der Waals surface area contributed by atoms with Crippen molar-refractivity contribution in [3.63, 3.8) is 0 Å². The molecule has 0 aliphatic heterocycles. The molecule has 118 valence electrons. The van der Waals surface area contributed by atoms with Crippen molar-refractivity contribution in [2.24, 2.45) is 11.7 Å². The predicted molar refractivity (Wildman–Crippen MR) is 80.4 cm³/mol. The normalized spacial score (nSPS) is 25.8. The third-order valence-electron chi connectivity index (χ3n) is 4.19. The van der Waals surface area contributed by atoms with E-state index in [1.807, 2.05) is 6.07 Å². The quantitative estimate of drug-likeness (QED) is 0.749. The molecule has 1 aromatic heterocycles. The Morgan fingerprint density at radius 3 is 3.00 bits per heavy atom. The lowest BCUT2D eigenvalue weighted by atomic mass is 9.83. The Hall–Kier alpha value is -1.40. The largest absolute Gasteiger partial charge is 0.391 e. The summed E-state index contributed by atoms with van der Waals surface area (Å²) in [7, 11) is 1.80. The van der Waals surface area contributed by atoms with Gasteiger partial charge in [-0.2, -0.15) is 5.10 Å². The number of carbonyl (C=O) groups is 1. The molecule has 0 unspecified atom stereocenters. The molecular weight excluding hydrogens is 268 g/mol. The van der Waals surface area contributed by atoms with Crippen LogP contribution in [0, 0.1) is 5.92 Å². The van der Waals surface area contributed by atoms with Crippen LogP contribution in [0.1, 0.15) is 44.0 Å². The highest BCUT2D eigenvalue weighted by atomic mass is 16.3. The highest BCUT2D eigenvalue weighted by molar-refractivity contribution is 5.78. The number of nitrogens with two attached hydrogens (primary N) is 1. The average molecular weight is 294 g/mol. The SMILES string of the molecule is CCCc1cc(CN(C)C(=O)[C@H]2CC[C@H](N)[C@@H](O)C2)[nH]n1. The van der Waals surface area contributed by atoms with Crippen LogP contribution in [0.25, 0.3) is 0 Å². The number of rotatable bonds is 5. The fourth-order valence-corrected chi connectivity index (χ4v) is 2.91. The van der Waals surface area contributed by atoms with Gasteiger partial charge >= 0.3 is 0 Å². The fraction of sp³-hybridized carbons (Fsp3) is 0.733. The Morgan fingerprint density at radius 2 is 2.33 bits per heavy atom. The Balaban J connectivity index is 1.89. The van der Waals surface area contributed by atoms with Crippen LogP contribution in [0.5, 0.6) is 0 Å². The van der Waals surface area contributed by atoms with Gasteiger partial charge in [-0.15, -0.1) is 0 Å². The van der Waals surface area contributed by atoms with Crippen LogP contribution in [0.3, 0.4) is 0 Å². The van der Waals surface area contributed by atoms with E-state index in [0.29, 0.717) is 19.4 Å². The lowest BCUT2D eigenvalue weighted by Crippen LogP contribution is -2.44. The molecule has 1 fully saturated rings. The summed E-state index contributed by atoms with van der Waals surface area (Å²) in [5.41, 5.74) is 7.76. The lowest BCUT2D eigenvalue weighted by molar-refractivity contribution is -0.137. The number of aliphatic hydroxyl groups is 1. The van der Waals surface area contributed by atoms with Gasteiger partial charge in [0.15, 0.2) is 0 Å². The van der Waals surface area contributed by atoms with Gasteiger partial charge < -0.3 is 15.7 Å². The van der Waals surface area contributed by atoms with E-state index in [2.05, 4.69) is 17.1 Å². The molecule has 0 aromatic carbocycles. The minimum atomic E-state index is -0.565. The number of H-pyrrole nitrogens is 1. The summed E-state index contributed by atoms with van der Waals surface area (Å²) in [6, 6.07) is 1.82. The van der Waals surface area contributed by atoms with Crippen LogP contribution in [-0.4, -0.2) is 45.3 Å². The van der Waals surface area contributed by atoms with Gasteiger partial charge in [-0.05, 0) is 31.7 Å². The number of aromatic nitrogens is 2. The van der Waals surface area contributed by atoms with E-state index in [1.54, 1.807) is 11.9 Å². The van der Waals surface area contributed by atoms with Crippen molar-refractivity contribution in [1.29, 1.82) is 0 Å². The smallest absolute Gasteiger partial charge is 0.225 e. The lowest BCUT2D eigenvalue weighted by Gasteiger charge is -2.32. The molecule has 1 aromatic rings. The molecule has 0 spiro atoms. The highest BCUT2D eigenvalue weighted by Gasteiger charge is 2.32. The standard InChI is InChI=1S/C15H26N4O2/c1-3-4-11-8-12(18-17-11)9-19(2)15(21)10-5-6-13(16)14(20)7-10/h8,10,13-14,20H,3-7,9,16H2,1-2H3,(H,17,18)/t10-,13-,14-/m0/s1. The highest BCUT2D eigenvalue weighted by Crippen LogP contribution is 2.25. The van der Waals surface area contributed by atoms with Crippen molar-refractivity contribution in [2.75, 3.05) is 7.05 Å². The summed E-state index contributed by atoms with van der Waals surface area (Å²) >= 11 is 0. The predicted octanol–water partition coefficient (Wildman–Crippen LogP) is 0.809. The summed E-state index contributed by atoms with van der Waals surface area (Å²) in [6.45, 7) is 2.64. The van der Waals surface area contributed by atoms with E-state index in [9.17, 15) is 9.90 Å². The number of hydrogen-bond donors (Lipinski definition) is 3. The molecule has 3 atom stereocenters. The third-order valence-corrected chi connectivity index (χ3v) is 4.19. The Labute approximate surface area is 125 Å². The first kappa shape index (κ1) is 16.0. The molecule has 0 radical (unpaired) electrons. The zero-order valence-corrected chi connectivity index (χ0v) is 12.9. The van der Waals surface area contributed by atoms with Crippen LogP contribution in [-0.2, 0) is 17.8 Å². The van der Waals surface area contributed by atoms with Crippen molar-refractivity contribution in [3.05, 3.63) is 17.5 Å². The maximum absolute atomic E-state index is 12.4. The molecule has 2 rings (SSSR count). The third kappa shape index (κ3) is 4.04. The van der Waals surface area contributed by atoms with Crippen molar-refractivity contribution in [2.45, 2.75) is 57.7 Å². The van der Waals surface area contributed by atoms with E-state index in [-0.39, 0.29) is 17.9 Å². The summed E-state index contributed by atoms with van der Waals surface area (Å²) in [4.78, 5) is 14.1. The van der Waals surface area contributed by atoms with Gasteiger partial charge in [0, 0.05) is 19.0 Å². The molecule has 1 aliphatic rings. The van der Waals surface area contributed by atoms with Crippen LogP contribution in [0.2, 0.25) is 0 Å². The molecule has 1 heterocycles. The second-order valence-electron chi connectivity index (χ2n) is 6.07. The maximum Gasteiger partial charge on any atom is 0.225 e. The minimum absolute atomic E-state index is 0.0765. The first-order valence-electron chi connectivity index (χ1n) is 7.73. The molecule has 21 heavy (non-hydrogen) atoms. The van der Waals surface area contributed by atoms with Gasteiger partial charge in [0.2, 0.25) is 5.91 Å². The Morgan fingerprint density at radius 1 is 1.57 bits per heavy atom. The van der Waals surface area contributed by atoms with Crippen molar-refractivity contribution < 1.29 is 9.90 Å². The molecular formula is C15H26N4O2. The van der Waals surface area contributed by atoms with Crippen LogP contribution < -0.4 is 5.73 Å². The van der Waals surface area contributed by atoms with E-state index in [0.717, 1.165) is 30.7 Å². The summed E-state index contributed by atoms with van der Waals surface area (Å²) in [6.07, 6.45) is 3.36. The van der Waals surface area contributed by atoms with Crippen molar-refractivity contribution >= 4 is 5.91 Å². The van der Waals surface area contributed by atoms with Crippen molar-refractivity contribution in [1.82, 2.24) is 15.1 Å². The number of aromatic amines is 1. The molecule has 1 amide bonds. The molecule has 6 nitrogen and oxygen atoms in total. The van der Waals surface area contributed by atoms with Gasteiger partial charge in [-0.1, -0.05) is 13.3 Å². The first-order valence-corrected chi connectivity index (χ1v) is 7.73. The summed E-state index contributed by atoms with van der Waals surface area (Å²) in [5, 5.41) is 17.0. The van der Waals surface area contributed by atoms with E-state index < -0.39 is 6.10 Å². The monoisotopic (exact) mass is 294 g/mol. The van der Waals surface area contributed by atoms with Gasteiger partial charge in [0.25, 0.3) is 0 Å². The van der Waals surface area contributed by atoms with E-state index in [4.69, 9.17) is 5.73 Å². The zero-order valence-electron chi connectivity index (χ0n) is 12.9. The maximum atomic E-state index is 12.4. The van der Waals surface area contributed by atoms with Crippen LogP contribution in [0.4, 0.5) is 0 Å². The van der Waals surface area contributed by atoms with Crippen molar-refractivity contribution in [3.8, 4) is 0 Å². The second kappa shape index (κ2) is 7.04. The first-order chi connectivity index (χ1) is 10.0. The number of hydrogen-bond acceptors (Lipinski definition) is 4. The number of aliphatic hydroxyl groups excluding tert-OH is 1. The Kier molecular flexibility index (Phi) is 5.36. The molecule has 4 N–H and O–H groups in total. The number of carbonyl (C=O) groups excluding carboxylic acids is 1. The van der Waals surface area contributed by atoms with Gasteiger partial charge in [-0.3, -0.25) is 9.89 Å². The molecule has 1 aliphatic carbocycles. The Bertz CT molecular complexity index is 474. The van der Waals surface area contributed by atoms with E-state index in [1.165, 1.54) is 0 Å². The van der Waals surface area contributed by atoms with Gasteiger partial charge in [-0.25, -0.2) is 0 Å². The van der Waals surface area contributed by atoms with Gasteiger partial charge in [0.05, 0.1) is 24.0 Å². The summed E-state index contributed by atoms with van der Waals surface area (Å²) < 4.78 is 0.